The number of esters is 1. The Morgan fingerprint density at radius 2 is 1.62 bits per heavy atom. The van der Waals surface area contributed by atoms with Gasteiger partial charge in [0.15, 0.2) is 0 Å². The second kappa shape index (κ2) is 12.6. The maximum atomic E-state index is 13.4. The molecule has 4 rings (SSSR count). The van der Waals surface area contributed by atoms with Crippen molar-refractivity contribution in [3.63, 3.8) is 0 Å². The van der Waals surface area contributed by atoms with Crippen LogP contribution in [0.3, 0.4) is 0 Å². The molecular formula is C30H32N4O5. The number of amides is 4. The first-order valence-electron chi connectivity index (χ1n) is 12.8. The van der Waals surface area contributed by atoms with Gasteiger partial charge in [-0.2, -0.15) is 0 Å². The number of urea groups is 2. The van der Waals surface area contributed by atoms with Gasteiger partial charge in [0.25, 0.3) is 0 Å². The molecule has 0 bridgehead atoms. The van der Waals surface area contributed by atoms with Gasteiger partial charge < -0.3 is 25.4 Å². The van der Waals surface area contributed by atoms with Crippen LogP contribution in [0, 0.1) is 0 Å². The normalized spacial score (nSPS) is 14.9. The summed E-state index contributed by atoms with van der Waals surface area (Å²) in [6, 6.07) is 21.8. The SMILES string of the molecule is CCCN1C(=O)NC(c2cccc(NC(=O)Nc3cccc(OC)c3)c2)C(C(=O)OCC)=C1c1ccccc1. The Morgan fingerprint density at radius 3 is 2.28 bits per heavy atom. The summed E-state index contributed by atoms with van der Waals surface area (Å²) >= 11 is 0. The van der Waals surface area contributed by atoms with Crippen LogP contribution in [0.4, 0.5) is 21.0 Å². The van der Waals surface area contributed by atoms with E-state index in [1.165, 1.54) is 0 Å². The molecule has 3 N–H and O–H groups in total. The van der Waals surface area contributed by atoms with Crippen molar-refractivity contribution in [1.82, 2.24) is 10.2 Å². The van der Waals surface area contributed by atoms with E-state index in [0.717, 1.165) is 5.56 Å². The van der Waals surface area contributed by atoms with Crippen molar-refractivity contribution in [3.05, 3.63) is 95.6 Å². The Morgan fingerprint density at radius 1 is 0.923 bits per heavy atom. The summed E-state index contributed by atoms with van der Waals surface area (Å²) in [6.07, 6.45) is 0.701. The van der Waals surface area contributed by atoms with Gasteiger partial charge in [-0.05, 0) is 48.7 Å². The first kappa shape index (κ1) is 27.3. The number of carbonyl (C=O) groups is 3. The average molecular weight is 529 g/mol. The first-order valence-corrected chi connectivity index (χ1v) is 12.8. The largest absolute Gasteiger partial charge is 0.497 e. The number of rotatable bonds is 9. The van der Waals surface area contributed by atoms with E-state index in [0.29, 0.717) is 46.9 Å². The van der Waals surface area contributed by atoms with E-state index in [4.69, 9.17) is 9.47 Å². The Balaban J connectivity index is 1.70. The lowest BCUT2D eigenvalue weighted by atomic mass is 9.91. The summed E-state index contributed by atoms with van der Waals surface area (Å²) in [4.78, 5) is 41.0. The second-order valence-corrected chi connectivity index (χ2v) is 8.82. The molecule has 0 aromatic heterocycles. The number of hydrogen-bond acceptors (Lipinski definition) is 5. The average Bonchev–Trinajstić information content (AvgIpc) is 2.94. The number of hydrogen-bond donors (Lipinski definition) is 3. The zero-order valence-electron chi connectivity index (χ0n) is 22.2. The summed E-state index contributed by atoms with van der Waals surface area (Å²) in [5, 5.41) is 8.56. The molecule has 9 nitrogen and oxygen atoms in total. The van der Waals surface area contributed by atoms with Gasteiger partial charge in [0, 0.05) is 24.0 Å². The number of nitrogens with one attached hydrogen (secondary N) is 3. The molecule has 0 radical (unpaired) electrons. The van der Waals surface area contributed by atoms with Gasteiger partial charge in [-0.1, -0.05) is 55.5 Å². The zero-order chi connectivity index (χ0) is 27.8. The van der Waals surface area contributed by atoms with Crippen LogP contribution in [0.25, 0.3) is 5.70 Å². The number of anilines is 2. The molecule has 3 aromatic rings. The highest BCUT2D eigenvalue weighted by molar-refractivity contribution is 6.05. The smallest absolute Gasteiger partial charge is 0.338 e. The fourth-order valence-corrected chi connectivity index (χ4v) is 4.47. The summed E-state index contributed by atoms with van der Waals surface area (Å²) in [6.45, 7) is 4.33. The summed E-state index contributed by atoms with van der Waals surface area (Å²) in [5.74, 6) is 0.101. The van der Waals surface area contributed by atoms with Crippen molar-refractivity contribution in [3.8, 4) is 5.75 Å². The van der Waals surface area contributed by atoms with Gasteiger partial charge >= 0.3 is 18.0 Å². The van der Waals surface area contributed by atoms with E-state index in [-0.39, 0.29) is 12.6 Å². The minimum atomic E-state index is -0.789. The van der Waals surface area contributed by atoms with E-state index in [2.05, 4.69) is 16.0 Å². The number of benzene rings is 3. The van der Waals surface area contributed by atoms with E-state index in [1.54, 1.807) is 67.5 Å². The molecule has 1 unspecified atom stereocenters. The predicted molar refractivity (Wildman–Crippen MR) is 150 cm³/mol. The van der Waals surface area contributed by atoms with Crippen molar-refractivity contribution in [1.29, 1.82) is 0 Å². The lowest BCUT2D eigenvalue weighted by Gasteiger charge is -2.37. The number of nitrogens with zero attached hydrogens (tertiary/aromatic N) is 1. The predicted octanol–water partition coefficient (Wildman–Crippen LogP) is 5.79. The second-order valence-electron chi connectivity index (χ2n) is 8.82. The highest BCUT2D eigenvalue weighted by Crippen LogP contribution is 2.37. The van der Waals surface area contributed by atoms with Crippen LogP contribution in [0.15, 0.2) is 84.4 Å². The van der Waals surface area contributed by atoms with Crippen molar-refractivity contribution >= 4 is 35.1 Å². The molecule has 4 amide bonds. The van der Waals surface area contributed by atoms with Gasteiger partial charge in [-0.15, -0.1) is 0 Å². The van der Waals surface area contributed by atoms with Gasteiger partial charge in [-0.3, -0.25) is 4.90 Å². The Kier molecular flexibility index (Phi) is 8.83. The fourth-order valence-electron chi connectivity index (χ4n) is 4.47. The van der Waals surface area contributed by atoms with Crippen LogP contribution in [0.1, 0.15) is 37.4 Å². The van der Waals surface area contributed by atoms with Gasteiger partial charge in [-0.25, -0.2) is 14.4 Å². The van der Waals surface area contributed by atoms with E-state index < -0.39 is 18.0 Å². The molecule has 0 saturated heterocycles. The number of carbonyl (C=O) groups excluding carboxylic acids is 3. The van der Waals surface area contributed by atoms with Crippen LogP contribution in [0.5, 0.6) is 5.75 Å². The van der Waals surface area contributed by atoms with E-state index in [1.807, 2.05) is 37.3 Å². The molecule has 1 atom stereocenters. The highest BCUT2D eigenvalue weighted by Gasteiger charge is 2.38. The first-order chi connectivity index (χ1) is 18.9. The Hall–Kier alpha value is -4.79. The molecule has 0 aliphatic carbocycles. The topological polar surface area (TPSA) is 109 Å². The van der Waals surface area contributed by atoms with Crippen LogP contribution >= 0.6 is 0 Å². The quantitative estimate of drug-likeness (QED) is 0.305. The van der Waals surface area contributed by atoms with Gasteiger partial charge in [0.05, 0.1) is 31.0 Å². The highest BCUT2D eigenvalue weighted by atomic mass is 16.5. The summed E-state index contributed by atoms with van der Waals surface area (Å²) in [7, 11) is 1.55. The van der Waals surface area contributed by atoms with Crippen molar-refractivity contribution in [2.24, 2.45) is 0 Å². The van der Waals surface area contributed by atoms with Crippen LogP contribution in [0.2, 0.25) is 0 Å². The molecule has 202 valence electrons. The molecule has 39 heavy (non-hydrogen) atoms. The molecule has 1 aliphatic rings. The molecule has 3 aromatic carbocycles. The fraction of sp³-hybridized carbons (Fsp3) is 0.233. The summed E-state index contributed by atoms with van der Waals surface area (Å²) in [5.41, 5.74) is 3.25. The maximum absolute atomic E-state index is 13.4. The third-order valence-corrected chi connectivity index (χ3v) is 6.12. The van der Waals surface area contributed by atoms with Gasteiger partial charge in [0.1, 0.15) is 5.75 Å². The van der Waals surface area contributed by atoms with E-state index in [9.17, 15) is 14.4 Å². The van der Waals surface area contributed by atoms with Crippen LogP contribution in [-0.4, -0.2) is 43.2 Å². The third kappa shape index (κ3) is 6.38. The van der Waals surface area contributed by atoms with Crippen LogP contribution in [-0.2, 0) is 9.53 Å². The van der Waals surface area contributed by atoms with Crippen LogP contribution < -0.4 is 20.7 Å². The Bertz CT molecular complexity index is 1370. The summed E-state index contributed by atoms with van der Waals surface area (Å²) < 4.78 is 10.7. The van der Waals surface area contributed by atoms with Crippen molar-refractivity contribution in [2.45, 2.75) is 26.3 Å². The maximum Gasteiger partial charge on any atom is 0.338 e. The standard InChI is InChI=1S/C30H32N4O5/c1-4-17-34-27(20-11-7-6-8-12-20)25(28(35)39-5-2)26(33-30(34)37)21-13-9-14-22(18-21)31-29(36)32-23-15-10-16-24(19-23)38-3/h6-16,18-19,26H,4-5,17H2,1-3H3,(H,33,37)(H2,31,32,36). The third-order valence-electron chi connectivity index (χ3n) is 6.12. The minimum Gasteiger partial charge on any atom is -0.497 e. The number of ether oxygens (including phenoxy) is 2. The lowest BCUT2D eigenvalue weighted by molar-refractivity contribution is -0.138. The minimum absolute atomic E-state index is 0.185. The zero-order valence-corrected chi connectivity index (χ0v) is 22.2. The molecule has 1 aliphatic heterocycles. The molecule has 0 saturated carbocycles. The van der Waals surface area contributed by atoms with Gasteiger partial charge in [0.2, 0.25) is 0 Å². The molecular weight excluding hydrogens is 496 g/mol. The van der Waals surface area contributed by atoms with Crippen molar-refractivity contribution < 1.29 is 23.9 Å². The molecule has 0 spiro atoms. The molecule has 9 heteroatoms. The molecule has 0 fully saturated rings. The van der Waals surface area contributed by atoms with E-state index >= 15 is 0 Å². The number of methoxy groups -OCH3 is 1. The monoisotopic (exact) mass is 528 g/mol. The Labute approximate surface area is 227 Å². The molecule has 1 heterocycles. The lowest BCUT2D eigenvalue weighted by Crippen LogP contribution is -2.48. The van der Waals surface area contributed by atoms with Crippen molar-refractivity contribution in [2.75, 3.05) is 30.9 Å².